The van der Waals surface area contributed by atoms with Gasteiger partial charge in [0.15, 0.2) is 0 Å². The van der Waals surface area contributed by atoms with E-state index in [1.165, 1.54) is 0 Å². The van der Waals surface area contributed by atoms with Crippen LogP contribution in [-0.2, 0) is 4.79 Å². The highest BCUT2D eigenvalue weighted by atomic mass is 16.2. The second-order valence-electron chi connectivity index (χ2n) is 6.64. The molecule has 132 valence electrons. The molecular weight excluding hydrogens is 318 g/mol. The smallest absolute Gasteiger partial charge is 0.253 e. The number of rotatable bonds is 4. The summed E-state index contributed by atoms with van der Waals surface area (Å²) in [6.45, 7) is 5.09. The van der Waals surface area contributed by atoms with Crippen molar-refractivity contribution < 1.29 is 9.59 Å². The Labute approximate surface area is 146 Å². The number of aromatic nitrogens is 3. The van der Waals surface area contributed by atoms with Crippen LogP contribution in [0.5, 0.6) is 0 Å². The Kier molecular flexibility index (Phi) is 5.11. The molecule has 2 N–H and O–H groups in total. The molecule has 2 aromatic rings. The highest BCUT2D eigenvalue weighted by molar-refractivity contribution is 5.95. The maximum Gasteiger partial charge on any atom is 0.253 e. The summed E-state index contributed by atoms with van der Waals surface area (Å²) in [5.74, 6) is 0.826. The molecule has 0 unspecified atom stereocenters. The van der Waals surface area contributed by atoms with E-state index in [0.29, 0.717) is 24.6 Å². The van der Waals surface area contributed by atoms with Crippen molar-refractivity contribution in [1.82, 2.24) is 20.1 Å². The number of aromatic amines is 1. The average Bonchev–Trinajstić information content (AvgIpc) is 3.11. The summed E-state index contributed by atoms with van der Waals surface area (Å²) in [5, 5.41) is 9.60. The molecular formula is C18H23N5O2. The van der Waals surface area contributed by atoms with Crippen molar-refractivity contribution in [3.05, 3.63) is 41.7 Å². The highest BCUT2D eigenvalue weighted by Crippen LogP contribution is 2.20. The number of nitrogens with zero attached hydrogens (tertiary/aromatic N) is 3. The van der Waals surface area contributed by atoms with Crippen LogP contribution in [0.15, 0.2) is 30.3 Å². The number of H-pyrrole nitrogens is 1. The number of carbonyl (C=O) groups is 2. The molecule has 0 spiro atoms. The molecule has 1 aromatic heterocycles. The highest BCUT2D eigenvalue weighted by Gasteiger charge is 2.29. The Morgan fingerprint density at radius 3 is 2.72 bits per heavy atom. The van der Waals surface area contributed by atoms with Crippen LogP contribution in [0.4, 0.5) is 5.95 Å². The molecule has 0 aliphatic carbocycles. The number of carbonyl (C=O) groups excluding carboxylic acids is 2. The van der Waals surface area contributed by atoms with Crippen molar-refractivity contribution in [3.63, 3.8) is 0 Å². The molecule has 1 saturated heterocycles. The Hall–Kier alpha value is -2.70. The first-order chi connectivity index (χ1) is 12.0. The van der Waals surface area contributed by atoms with Gasteiger partial charge in [-0.2, -0.15) is 4.98 Å². The minimum atomic E-state index is -0.248. The van der Waals surface area contributed by atoms with E-state index >= 15 is 0 Å². The van der Waals surface area contributed by atoms with Crippen LogP contribution in [-0.4, -0.2) is 45.0 Å². The summed E-state index contributed by atoms with van der Waals surface area (Å²) in [7, 11) is 0. The van der Waals surface area contributed by atoms with Gasteiger partial charge in [0.25, 0.3) is 5.91 Å². The maximum atomic E-state index is 12.6. The maximum absolute atomic E-state index is 12.6. The van der Waals surface area contributed by atoms with Crippen molar-refractivity contribution in [2.45, 2.75) is 32.6 Å². The molecule has 0 radical (unpaired) electrons. The number of likely N-dealkylation sites (tertiary alicyclic amines) is 1. The molecule has 1 aliphatic heterocycles. The zero-order valence-corrected chi connectivity index (χ0v) is 14.5. The fraction of sp³-hybridized carbons (Fsp3) is 0.444. The summed E-state index contributed by atoms with van der Waals surface area (Å²) < 4.78 is 0. The summed E-state index contributed by atoms with van der Waals surface area (Å²) >= 11 is 0. The van der Waals surface area contributed by atoms with E-state index in [-0.39, 0.29) is 23.7 Å². The predicted octanol–water partition coefficient (Wildman–Crippen LogP) is 2.42. The van der Waals surface area contributed by atoms with Gasteiger partial charge in [-0.3, -0.25) is 20.0 Å². The van der Waals surface area contributed by atoms with Crippen molar-refractivity contribution in [2.75, 3.05) is 18.4 Å². The SMILES string of the molecule is CC(C)c1nc(NC(=O)[C@H]2CCCN(C(=O)c3ccccc3)C2)n[nH]1. The molecule has 1 atom stereocenters. The standard InChI is InChI=1S/C18H23N5O2/c1-12(2)15-19-18(22-21-15)20-16(24)14-9-6-10-23(11-14)17(25)13-7-4-3-5-8-13/h3-5,7-8,12,14H,6,9-11H2,1-2H3,(H2,19,20,21,22,24)/t14-/m0/s1. The quantitative estimate of drug-likeness (QED) is 0.893. The van der Waals surface area contributed by atoms with Crippen LogP contribution < -0.4 is 5.32 Å². The zero-order chi connectivity index (χ0) is 17.8. The van der Waals surface area contributed by atoms with Gasteiger partial charge >= 0.3 is 0 Å². The van der Waals surface area contributed by atoms with Crippen molar-refractivity contribution in [2.24, 2.45) is 5.92 Å². The lowest BCUT2D eigenvalue weighted by Gasteiger charge is -2.31. The average molecular weight is 341 g/mol. The fourth-order valence-corrected chi connectivity index (χ4v) is 2.94. The summed E-state index contributed by atoms with van der Waals surface area (Å²) in [4.78, 5) is 31.1. The third-order valence-electron chi connectivity index (χ3n) is 4.38. The monoisotopic (exact) mass is 341 g/mol. The number of nitrogens with one attached hydrogen (secondary N) is 2. The molecule has 1 fully saturated rings. The Morgan fingerprint density at radius 2 is 2.04 bits per heavy atom. The molecule has 0 saturated carbocycles. The molecule has 2 heterocycles. The van der Waals surface area contributed by atoms with E-state index in [1.54, 1.807) is 17.0 Å². The van der Waals surface area contributed by atoms with Gasteiger partial charge in [-0.25, -0.2) is 0 Å². The molecule has 25 heavy (non-hydrogen) atoms. The van der Waals surface area contributed by atoms with E-state index in [0.717, 1.165) is 18.7 Å². The van der Waals surface area contributed by atoms with E-state index in [4.69, 9.17) is 0 Å². The third kappa shape index (κ3) is 4.04. The van der Waals surface area contributed by atoms with E-state index < -0.39 is 0 Å². The molecule has 3 rings (SSSR count). The van der Waals surface area contributed by atoms with E-state index in [9.17, 15) is 9.59 Å². The molecule has 7 nitrogen and oxygen atoms in total. The van der Waals surface area contributed by atoms with Gasteiger partial charge in [-0.15, -0.1) is 5.10 Å². The van der Waals surface area contributed by atoms with Crippen LogP contribution in [0.25, 0.3) is 0 Å². The predicted molar refractivity (Wildman–Crippen MR) is 94.2 cm³/mol. The van der Waals surface area contributed by atoms with Crippen molar-refractivity contribution >= 4 is 17.8 Å². The first-order valence-corrected chi connectivity index (χ1v) is 8.62. The summed E-state index contributed by atoms with van der Waals surface area (Å²) in [6.07, 6.45) is 1.56. The van der Waals surface area contributed by atoms with E-state index in [2.05, 4.69) is 20.5 Å². The lowest BCUT2D eigenvalue weighted by atomic mass is 9.96. The van der Waals surface area contributed by atoms with Gasteiger partial charge in [0, 0.05) is 24.6 Å². The lowest BCUT2D eigenvalue weighted by molar-refractivity contribution is -0.121. The second kappa shape index (κ2) is 7.46. The number of benzene rings is 1. The number of hydrogen-bond acceptors (Lipinski definition) is 4. The van der Waals surface area contributed by atoms with Gasteiger partial charge in [-0.05, 0) is 25.0 Å². The summed E-state index contributed by atoms with van der Waals surface area (Å²) in [5.41, 5.74) is 0.652. The van der Waals surface area contributed by atoms with E-state index in [1.807, 2.05) is 32.0 Å². The van der Waals surface area contributed by atoms with Crippen LogP contribution in [0, 0.1) is 5.92 Å². The first kappa shape index (κ1) is 17.1. The fourth-order valence-electron chi connectivity index (χ4n) is 2.94. The molecule has 1 aromatic carbocycles. The largest absolute Gasteiger partial charge is 0.338 e. The van der Waals surface area contributed by atoms with Crippen LogP contribution in [0.2, 0.25) is 0 Å². The Morgan fingerprint density at radius 1 is 1.28 bits per heavy atom. The third-order valence-corrected chi connectivity index (χ3v) is 4.38. The Bertz CT molecular complexity index is 741. The molecule has 0 bridgehead atoms. The number of amides is 2. The van der Waals surface area contributed by atoms with Crippen molar-refractivity contribution in [3.8, 4) is 0 Å². The zero-order valence-electron chi connectivity index (χ0n) is 14.5. The normalized spacial score (nSPS) is 17.6. The van der Waals surface area contributed by atoms with Gasteiger partial charge in [0.1, 0.15) is 5.82 Å². The van der Waals surface area contributed by atoms with Crippen molar-refractivity contribution in [1.29, 1.82) is 0 Å². The van der Waals surface area contributed by atoms with Crippen LogP contribution >= 0.6 is 0 Å². The van der Waals surface area contributed by atoms with Gasteiger partial charge in [0.05, 0.1) is 5.92 Å². The summed E-state index contributed by atoms with van der Waals surface area (Å²) in [6, 6.07) is 9.17. The number of piperidine rings is 1. The van der Waals surface area contributed by atoms with Gasteiger partial charge in [0.2, 0.25) is 11.9 Å². The number of hydrogen-bond donors (Lipinski definition) is 2. The Balaban J connectivity index is 1.62. The topological polar surface area (TPSA) is 91.0 Å². The minimum absolute atomic E-state index is 0.0295. The molecule has 7 heteroatoms. The van der Waals surface area contributed by atoms with Crippen LogP contribution in [0.1, 0.15) is 48.8 Å². The first-order valence-electron chi connectivity index (χ1n) is 8.62. The van der Waals surface area contributed by atoms with Crippen LogP contribution in [0.3, 0.4) is 0 Å². The number of anilines is 1. The molecule has 1 aliphatic rings. The molecule has 2 amide bonds. The minimum Gasteiger partial charge on any atom is -0.338 e. The van der Waals surface area contributed by atoms with Gasteiger partial charge < -0.3 is 4.90 Å². The second-order valence-corrected chi connectivity index (χ2v) is 6.64. The van der Waals surface area contributed by atoms with Gasteiger partial charge in [-0.1, -0.05) is 32.0 Å². The lowest BCUT2D eigenvalue weighted by Crippen LogP contribution is -2.43.